The molecule has 0 aliphatic carbocycles. The highest BCUT2D eigenvalue weighted by Gasteiger charge is 2.13. The molecule has 0 bridgehead atoms. The van der Waals surface area contributed by atoms with Crippen molar-refractivity contribution in [2.24, 2.45) is 0 Å². The highest BCUT2D eigenvalue weighted by atomic mass is 79.9. The molecule has 1 atom stereocenters. The van der Waals surface area contributed by atoms with Crippen molar-refractivity contribution >= 4 is 43.4 Å². The average Bonchev–Trinajstić information content (AvgIpc) is 2.63. The summed E-state index contributed by atoms with van der Waals surface area (Å²) in [4.78, 5) is 11.1. The minimum absolute atomic E-state index is 0.0139. The van der Waals surface area contributed by atoms with Crippen molar-refractivity contribution in [1.82, 2.24) is 0 Å². The van der Waals surface area contributed by atoms with Crippen LogP contribution in [0.15, 0.2) is 65.7 Å². The van der Waals surface area contributed by atoms with Gasteiger partial charge in [-0.3, -0.25) is 0 Å². The predicted octanol–water partition coefficient (Wildman–Crippen LogP) is 4.22. The van der Waals surface area contributed by atoms with Crippen LogP contribution in [0.3, 0.4) is 0 Å². The number of fused-ring (bicyclic) bond motifs is 2. The van der Waals surface area contributed by atoms with E-state index in [9.17, 15) is 9.90 Å². The Kier molecular flexibility index (Phi) is 5.36. The van der Waals surface area contributed by atoms with Crippen molar-refractivity contribution in [3.05, 3.63) is 65.7 Å². The number of carbonyl (C=O) groups is 1. The standard InChI is InChI=1S/C20H17BrO4/c1-2-19(23)24-11-16(22)12-25-20-17-6-4-3-5-13(17)9-14-7-8-15(21)10-18(14)20/h2-10,16,22H,1,11-12H2. The van der Waals surface area contributed by atoms with Crippen LogP contribution < -0.4 is 4.74 Å². The number of benzene rings is 3. The minimum atomic E-state index is -0.926. The molecule has 5 heteroatoms. The fourth-order valence-electron chi connectivity index (χ4n) is 2.61. The Morgan fingerprint density at radius 1 is 1.12 bits per heavy atom. The summed E-state index contributed by atoms with van der Waals surface area (Å²) in [6.45, 7) is 3.19. The molecular formula is C20H17BrO4. The number of halogens is 1. The third-order valence-corrected chi connectivity index (χ3v) is 4.27. The van der Waals surface area contributed by atoms with Crippen LogP contribution in [0, 0.1) is 0 Å². The number of esters is 1. The summed E-state index contributed by atoms with van der Waals surface area (Å²) in [5.41, 5.74) is 0. The van der Waals surface area contributed by atoms with Gasteiger partial charge in [0.1, 0.15) is 25.1 Å². The Hall–Kier alpha value is -2.37. The van der Waals surface area contributed by atoms with Crippen molar-refractivity contribution in [3.63, 3.8) is 0 Å². The summed E-state index contributed by atoms with van der Waals surface area (Å²) < 4.78 is 11.7. The summed E-state index contributed by atoms with van der Waals surface area (Å²) >= 11 is 3.49. The van der Waals surface area contributed by atoms with Crippen LogP contribution in [-0.2, 0) is 9.53 Å². The van der Waals surface area contributed by atoms with E-state index in [0.29, 0.717) is 5.75 Å². The molecule has 0 aromatic heterocycles. The molecular weight excluding hydrogens is 384 g/mol. The molecule has 3 aromatic carbocycles. The van der Waals surface area contributed by atoms with Gasteiger partial charge in [-0.15, -0.1) is 0 Å². The molecule has 0 saturated heterocycles. The fourth-order valence-corrected chi connectivity index (χ4v) is 2.97. The van der Waals surface area contributed by atoms with Crippen molar-refractivity contribution in [2.45, 2.75) is 6.10 Å². The molecule has 0 aliphatic heterocycles. The van der Waals surface area contributed by atoms with E-state index in [1.807, 2.05) is 42.5 Å². The van der Waals surface area contributed by atoms with Crippen LogP contribution >= 0.6 is 15.9 Å². The molecule has 3 aromatic rings. The van der Waals surface area contributed by atoms with Gasteiger partial charge in [0.05, 0.1) is 0 Å². The zero-order valence-electron chi connectivity index (χ0n) is 13.4. The molecule has 1 unspecified atom stereocenters. The van der Waals surface area contributed by atoms with Gasteiger partial charge in [0, 0.05) is 21.3 Å². The van der Waals surface area contributed by atoms with E-state index >= 15 is 0 Å². The first kappa shape index (κ1) is 17.5. The SMILES string of the molecule is C=CC(=O)OCC(O)COc1c2ccccc2cc2ccc(Br)cc12. The number of carbonyl (C=O) groups excluding carboxylic acids is 1. The normalized spacial score (nSPS) is 12.1. The summed E-state index contributed by atoms with van der Waals surface area (Å²) in [6, 6.07) is 16.0. The summed E-state index contributed by atoms with van der Waals surface area (Å²) in [6.07, 6.45) is 0.133. The zero-order valence-corrected chi connectivity index (χ0v) is 15.0. The highest BCUT2D eigenvalue weighted by molar-refractivity contribution is 9.10. The van der Waals surface area contributed by atoms with Crippen LogP contribution in [-0.4, -0.2) is 30.4 Å². The smallest absolute Gasteiger partial charge is 0.330 e. The summed E-state index contributed by atoms with van der Waals surface area (Å²) in [7, 11) is 0. The van der Waals surface area contributed by atoms with Crippen molar-refractivity contribution in [3.8, 4) is 5.75 Å². The van der Waals surface area contributed by atoms with Crippen LogP contribution in [0.4, 0.5) is 0 Å². The summed E-state index contributed by atoms with van der Waals surface area (Å²) in [5, 5.41) is 14.0. The minimum Gasteiger partial charge on any atom is -0.489 e. The number of hydrogen-bond donors (Lipinski definition) is 1. The third kappa shape index (κ3) is 4.00. The van der Waals surface area contributed by atoms with E-state index in [2.05, 4.69) is 28.6 Å². The average molecular weight is 401 g/mol. The Morgan fingerprint density at radius 3 is 2.68 bits per heavy atom. The molecule has 3 rings (SSSR count). The van der Waals surface area contributed by atoms with E-state index < -0.39 is 12.1 Å². The second kappa shape index (κ2) is 7.68. The molecule has 0 amide bonds. The van der Waals surface area contributed by atoms with Crippen molar-refractivity contribution in [2.75, 3.05) is 13.2 Å². The first-order valence-corrected chi connectivity index (χ1v) is 8.59. The molecule has 128 valence electrons. The lowest BCUT2D eigenvalue weighted by molar-refractivity contribution is -0.141. The first-order valence-electron chi connectivity index (χ1n) is 7.79. The van der Waals surface area contributed by atoms with Gasteiger partial charge in [0.15, 0.2) is 0 Å². The predicted molar refractivity (Wildman–Crippen MR) is 102 cm³/mol. The van der Waals surface area contributed by atoms with Gasteiger partial charge >= 0.3 is 5.97 Å². The van der Waals surface area contributed by atoms with Gasteiger partial charge in [-0.25, -0.2) is 4.79 Å². The van der Waals surface area contributed by atoms with Gasteiger partial charge in [0.25, 0.3) is 0 Å². The third-order valence-electron chi connectivity index (χ3n) is 3.78. The maximum absolute atomic E-state index is 11.1. The number of ether oxygens (including phenoxy) is 2. The molecule has 4 nitrogen and oxygen atoms in total. The molecule has 0 fully saturated rings. The van der Waals surface area contributed by atoms with Gasteiger partial charge in [-0.2, -0.15) is 0 Å². The number of aliphatic hydroxyl groups is 1. The van der Waals surface area contributed by atoms with E-state index in [1.54, 1.807) is 0 Å². The lowest BCUT2D eigenvalue weighted by atomic mass is 10.0. The number of rotatable bonds is 6. The second-order valence-corrected chi connectivity index (χ2v) is 6.51. The monoisotopic (exact) mass is 400 g/mol. The number of aliphatic hydroxyl groups excluding tert-OH is 1. The fraction of sp³-hybridized carbons (Fsp3) is 0.150. The highest BCUT2D eigenvalue weighted by Crippen LogP contribution is 2.36. The molecule has 0 spiro atoms. The van der Waals surface area contributed by atoms with Crippen molar-refractivity contribution in [1.29, 1.82) is 0 Å². The summed E-state index contributed by atoms with van der Waals surface area (Å²) in [5.74, 6) is 0.127. The molecule has 25 heavy (non-hydrogen) atoms. The maximum atomic E-state index is 11.1. The van der Waals surface area contributed by atoms with Gasteiger partial charge in [0.2, 0.25) is 0 Å². The molecule has 0 heterocycles. The zero-order chi connectivity index (χ0) is 17.8. The largest absolute Gasteiger partial charge is 0.489 e. The van der Waals surface area contributed by atoms with E-state index in [-0.39, 0.29) is 13.2 Å². The van der Waals surface area contributed by atoms with Gasteiger partial charge < -0.3 is 14.6 Å². The van der Waals surface area contributed by atoms with Crippen molar-refractivity contribution < 1.29 is 19.4 Å². The Labute approximate surface area is 153 Å². The number of hydrogen-bond acceptors (Lipinski definition) is 4. The Morgan fingerprint density at radius 2 is 1.88 bits per heavy atom. The van der Waals surface area contributed by atoms with E-state index in [4.69, 9.17) is 9.47 Å². The van der Waals surface area contributed by atoms with Crippen LogP contribution in [0.2, 0.25) is 0 Å². The molecule has 1 N–H and O–H groups in total. The van der Waals surface area contributed by atoms with Gasteiger partial charge in [-0.1, -0.05) is 52.8 Å². The first-order chi connectivity index (χ1) is 12.1. The molecule has 0 radical (unpaired) electrons. The van der Waals surface area contributed by atoms with Crippen LogP contribution in [0.25, 0.3) is 21.5 Å². The van der Waals surface area contributed by atoms with E-state index in [0.717, 1.165) is 32.1 Å². The molecule has 0 aliphatic rings. The topological polar surface area (TPSA) is 55.8 Å². The second-order valence-electron chi connectivity index (χ2n) is 5.59. The van der Waals surface area contributed by atoms with Crippen LogP contribution in [0.1, 0.15) is 0 Å². The quantitative estimate of drug-likeness (QED) is 0.382. The Balaban J connectivity index is 1.91. The van der Waals surface area contributed by atoms with Crippen LogP contribution in [0.5, 0.6) is 5.75 Å². The van der Waals surface area contributed by atoms with Gasteiger partial charge in [-0.05, 0) is 29.0 Å². The molecule has 0 saturated carbocycles. The van der Waals surface area contributed by atoms with E-state index in [1.165, 1.54) is 0 Å². The maximum Gasteiger partial charge on any atom is 0.330 e. The lowest BCUT2D eigenvalue weighted by Gasteiger charge is -2.16. The Bertz CT molecular complexity index is 936. The lowest BCUT2D eigenvalue weighted by Crippen LogP contribution is -2.24.